The van der Waals surface area contributed by atoms with Crippen LogP contribution in [0.1, 0.15) is 37.8 Å². The van der Waals surface area contributed by atoms with E-state index < -0.39 is 6.04 Å². The Bertz CT molecular complexity index is 1150. The maximum atomic E-state index is 14.8. The minimum atomic E-state index is -0.630. The molecule has 0 fully saturated rings. The van der Waals surface area contributed by atoms with Gasteiger partial charge >= 0.3 is 0 Å². The highest BCUT2D eigenvalue weighted by molar-refractivity contribution is 5.99. The fraction of sp³-hybridized carbons (Fsp3) is 0.261. The number of nitrogens with one attached hydrogen (secondary N) is 1. The van der Waals surface area contributed by atoms with Gasteiger partial charge in [0, 0.05) is 28.8 Å². The SMILES string of the molecule is CCOc1ccc(-c2nc3n(n2)C(c2ccccc2F)C2=C(CCCC2=O)N3)cc1. The van der Waals surface area contributed by atoms with Crippen LogP contribution in [-0.2, 0) is 4.79 Å². The molecule has 2 heterocycles. The third kappa shape index (κ3) is 3.07. The van der Waals surface area contributed by atoms with Crippen LogP contribution in [0, 0.1) is 5.82 Å². The van der Waals surface area contributed by atoms with Crippen LogP contribution >= 0.6 is 0 Å². The van der Waals surface area contributed by atoms with Gasteiger partial charge in [-0.05, 0) is 50.1 Å². The summed E-state index contributed by atoms with van der Waals surface area (Å²) in [4.78, 5) is 17.5. The summed E-state index contributed by atoms with van der Waals surface area (Å²) in [5.74, 6) is 1.46. The number of hydrogen-bond acceptors (Lipinski definition) is 5. The van der Waals surface area contributed by atoms with E-state index >= 15 is 0 Å². The third-order valence-corrected chi connectivity index (χ3v) is 5.49. The van der Waals surface area contributed by atoms with Gasteiger partial charge in [0.25, 0.3) is 0 Å². The molecular weight excluding hydrogens is 383 g/mol. The van der Waals surface area contributed by atoms with Crippen molar-refractivity contribution in [1.29, 1.82) is 0 Å². The molecule has 6 nitrogen and oxygen atoms in total. The Morgan fingerprint density at radius 3 is 2.73 bits per heavy atom. The van der Waals surface area contributed by atoms with Crippen LogP contribution < -0.4 is 10.1 Å². The van der Waals surface area contributed by atoms with E-state index in [9.17, 15) is 9.18 Å². The van der Waals surface area contributed by atoms with Gasteiger partial charge in [0.05, 0.1) is 6.61 Å². The van der Waals surface area contributed by atoms with Crippen LogP contribution in [0.25, 0.3) is 11.4 Å². The largest absolute Gasteiger partial charge is 0.494 e. The number of fused-ring (bicyclic) bond motifs is 1. The van der Waals surface area contributed by atoms with Crippen LogP contribution in [0.3, 0.4) is 0 Å². The second-order valence-electron chi connectivity index (χ2n) is 7.38. The predicted molar refractivity (Wildman–Crippen MR) is 111 cm³/mol. The van der Waals surface area contributed by atoms with Crippen LogP contribution in [0.15, 0.2) is 59.8 Å². The minimum absolute atomic E-state index is 0.0285. The number of rotatable bonds is 4. The Hall–Kier alpha value is -3.48. The van der Waals surface area contributed by atoms with Crippen molar-refractivity contribution in [3.63, 3.8) is 0 Å². The molecule has 0 radical (unpaired) electrons. The average Bonchev–Trinajstić information content (AvgIpc) is 3.18. The Morgan fingerprint density at radius 1 is 1.17 bits per heavy atom. The number of hydrogen-bond donors (Lipinski definition) is 1. The van der Waals surface area contributed by atoms with Gasteiger partial charge in [0.15, 0.2) is 11.6 Å². The van der Waals surface area contributed by atoms with Gasteiger partial charge in [0.2, 0.25) is 5.95 Å². The molecule has 0 saturated heterocycles. The van der Waals surface area contributed by atoms with Gasteiger partial charge in [-0.1, -0.05) is 18.2 Å². The molecule has 0 spiro atoms. The monoisotopic (exact) mass is 404 g/mol. The van der Waals surface area contributed by atoms with E-state index in [0.29, 0.717) is 35.9 Å². The van der Waals surface area contributed by atoms with E-state index in [2.05, 4.69) is 15.4 Å². The Labute approximate surface area is 173 Å². The lowest BCUT2D eigenvalue weighted by Gasteiger charge is -2.32. The number of allylic oxidation sites excluding steroid dienone is 2. The quantitative estimate of drug-likeness (QED) is 0.693. The molecule has 1 atom stereocenters. The first-order valence-corrected chi connectivity index (χ1v) is 10.1. The zero-order valence-corrected chi connectivity index (χ0v) is 16.6. The van der Waals surface area contributed by atoms with Gasteiger partial charge in [-0.3, -0.25) is 4.79 Å². The van der Waals surface area contributed by atoms with Crippen molar-refractivity contribution in [2.75, 3.05) is 11.9 Å². The number of Topliss-reactive ketones (excluding diaryl/α,β-unsaturated/α-hetero) is 1. The number of carbonyl (C=O) groups excluding carboxylic acids is 1. The molecule has 0 amide bonds. The van der Waals surface area contributed by atoms with Gasteiger partial charge in [-0.25, -0.2) is 9.07 Å². The lowest BCUT2D eigenvalue weighted by molar-refractivity contribution is -0.116. The standard InChI is InChI=1S/C23H21FN4O2/c1-2-30-15-12-10-14(11-13-15)22-26-23-25-18-8-5-9-19(29)20(18)21(28(23)27-22)16-6-3-4-7-17(16)24/h3-4,6-7,10-13,21H,2,5,8-9H2,1H3,(H,25,26,27). The van der Waals surface area contributed by atoms with Crippen LogP contribution in [0.4, 0.5) is 10.3 Å². The molecule has 1 aromatic heterocycles. The number of carbonyl (C=O) groups is 1. The lowest BCUT2D eigenvalue weighted by Crippen LogP contribution is -2.32. The number of nitrogens with zero attached hydrogens (tertiary/aromatic N) is 3. The first-order valence-electron chi connectivity index (χ1n) is 10.1. The number of anilines is 1. The van der Waals surface area contributed by atoms with E-state index in [1.54, 1.807) is 22.9 Å². The summed E-state index contributed by atoms with van der Waals surface area (Å²) < 4.78 is 21.9. The van der Waals surface area contributed by atoms with Gasteiger partial charge in [-0.15, -0.1) is 5.10 Å². The molecule has 0 saturated carbocycles. The minimum Gasteiger partial charge on any atom is -0.494 e. The van der Waals surface area contributed by atoms with Crippen molar-refractivity contribution in [2.24, 2.45) is 0 Å². The molecule has 3 aromatic rings. The summed E-state index contributed by atoms with van der Waals surface area (Å²) in [6, 6.07) is 13.4. The van der Waals surface area contributed by atoms with Crippen molar-refractivity contribution < 1.29 is 13.9 Å². The second-order valence-corrected chi connectivity index (χ2v) is 7.38. The summed E-state index contributed by atoms with van der Waals surface area (Å²) in [7, 11) is 0. The zero-order chi connectivity index (χ0) is 20.7. The number of aromatic nitrogens is 3. The fourth-order valence-corrected chi connectivity index (χ4v) is 4.13. The molecule has 2 aliphatic rings. The highest BCUT2D eigenvalue weighted by Crippen LogP contribution is 2.41. The van der Waals surface area contributed by atoms with Crippen molar-refractivity contribution in [3.05, 3.63) is 71.2 Å². The molecule has 152 valence electrons. The van der Waals surface area contributed by atoms with E-state index in [1.165, 1.54) is 6.07 Å². The summed E-state index contributed by atoms with van der Waals surface area (Å²) in [5, 5.41) is 7.94. The molecular formula is C23H21FN4O2. The van der Waals surface area contributed by atoms with Crippen molar-refractivity contribution in [1.82, 2.24) is 14.8 Å². The molecule has 1 N–H and O–H groups in total. The van der Waals surface area contributed by atoms with Crippen LogP contribution in [-0.4, -0.2) is 27.2 Å². The number of ether oxygens (including phenoxy) is 1. The first kappa shape index (κ1) is 18.5. The molecule has 2 aromatic carbocycles. The lowest BCUT2D eigenvalue weighted by atomic mass is 9.85. The molecule has 30 heavy (non-hydrogen) atoms. The molecule has 7 heteroatoms. The van der Waals surface area contributed by atoms with Gasteiger partial charge in [0.1, 0.15) is 17.6 Å². The number of benzene rings is 2. The highest BCUT2D eigenvalue weighted by atomic mass is 19.1. The molecule has 1 aliphatic heterocycles. The normalized spacial score (nSPS) is 17.9. The van der Waals surface area contributed by atoms with Crippen LogP contribution in [0.5, 0.6) is 5.75 Å². The maximum Gasteiger partial charge on any atom is 0.226 e. The predicted octanol–water partition coefficient (Wildman–Crippen LogP) is 4.50. The maximum absolute atomic E-state index is 14.8. The topological polar surface area (TPSA) is 69.0 Å². The highest BCUT2D eigenvalue weighted by Gasteiger charge is 2.38. The van der Waals surface area contributed by atoms with E-state index in [1.807, 2.05) is 31.2 Å². The molecule has 1 unspecified atom stereocenters. The van der Waals surface area contributed by atoms with Crippen molar-refractivity contribution in [2.45, 2.75) is 32.2 Å². The van der Waals surface area contributed by atoms with Crippen molar-refractivity contribution >= 4 is 11.7 Å². The number of ketones is 1. The van der Waals surface area contributed by atoms with Gasteiger partial charge < -0.3 is 10.1 Å². The van der Waals surface area contributed by atoms with E-state index in [4.69, 9.17) is 4.74 Å². The van der Waals surface area contributed by atoms with Crippen molar-refractivity contribution in [3.8, 4) is 17.1 Å². The summed E-state index contributed by atoms with van der Waals surface area (Å²) in [5.41, 5.74) is 2.64. The van der Waals surface area contributed by atoms with E-state index in [-0.39, 0.29) is 11.6 Å². The molecule has 5 rings (SSSR count). The Balaban J connectivity index is 1.62. The average molecular weight is 404 g/mol. The molecule has 1 aliphatic carbocycles. The summed E-state index contributed by atoms with van der Waals surface area (Å²) in [6.45, 7) is 2.53. The third-order valence-electron chi connectivity index (χ3n) is 5.49. The molecule has 0 bridgehead atoms. The second kappa shape index (κ2) is 7.40. The van der Waals surface area contributed by atoms with E-state index in [0.717, 1.165) is 29.9 Å². The first-order chi connectivity index (χ1) is 14.7. The smallest absolute Gasteiger partial charge is 0.226 e. The number of halogens is 1. The Morgan fingerprint density at radius 2 is 1.97 bits per heavy atom. The van der Waals surface area contributed by atoms with Crippen LogP contribution in [0.2, 0.25) is 0 Å². The van der Waals surface area contributed by atoms with Gasteiger partial charge in [-0.2, -0.15) is 4.98 Å². The summed E-state index contributed by atoms with van der Waals surface area (Å²) >= 11 is 0. The Kier molecular flexibility index (Phi) is 4.58. The summed E-state index contributed by atoms with van der Waals surface area (Å²) in [6.07, 6.45) is 1.97. The fourth-order valence-electron chi connectivity index (χ4n) is 4.13. The zero-order valence-electron chi connectivity index (χ0n) is 16.6.